The van der Waals surface area contributed by atoms with Gasteiger partial charge in [0.15, 0.2) is 5.96 Å². The van der Waals surface area contributed by atoms with Gasteiger partial charge in [0.05, 0.1) is 5.69 Å². The fourth-order valence-corrected chi connectivity index (χ4v) is 2.11. The number of aliphatic imine (C=N–C) groups is 1. The Morgan fingerprint density at radius 1 is 1.12 bits per heavy atom. The van der Waals surface area contributed by atoms with Gasteiger partial charge in [-0.2, -0.15) is 0 Å². The summed E-state index contributed by atoms with van der Waals surface area (Å²) in [5.41, 5.74) is 2.09. The summed E-state index contributed by atoms with van der Waals surface area (Å²) < 4.78 is 5.75. The fraction of sp³-hybridized carbons (Fsp3) is 0.400. The minimum absolute atomic E-state index is 0.369. The van der Waals surface area contributed by atoms with Gasteiger partial charge in [-0.15, -0.1) is 0 Å². The van der Waals surface area contributed by atoms with Crippen LogP contribution in [0.25, 0.3) is 0 Å². The molecule has 0 aliphatic rings. The molecule has 0 aliphatic carbocycles. The highest BCUT2D eigenvalue weighted by molar-refractivity contribution is 5.79. The lowest BCUT2D eigenvalue weighted by molar-refractivity contribution is 0.301. The Bertz CT molecular complexity index is 653. The Labute approximate surface area is 150 Å². The molecule has 134 valence electrons. The minimum Gasteiger partial charge on any atom is -0.487 e. The molecule has 0 bridgehead atoms. The first-order valence-electron chi connectivity index (χ1n) is 8.67. The van der Waals surface area contributed by atoms with Crippen LogP contribution < -0.4 is 15.4 Å². The molecule has 2 rings (SSSR count). The lowest BCUT2D eigenvalue weighted by Gasteiger charge is -2.20. The van der Waals surface area contributed by atoms with Gasteiger partial charge in [-0.3, -0.25) is 9.98 Å². The maximum Gasteiger partial charge on any atom is 0.191 e. The molecule has 1 unspecified atom stereocenters. The molecule has 5 heteroatoms. The van der Waals surface area contributed by atoms with Crippen molar-refractivity contribution in [2.45, 2.75) is 40.0 Å². The van der Waals surface area contributed by atoms with Crippen LogP contribution in [0.4, 0.5) is 0 Å². The molecule has 0 saturated carbocycles. The van der Waals surface area contributed by atoms with E-state index in [2.05, 4.69) is 53.5 Å². The van der Waals surface area contributed by atoms with Gasteiger partial charge in [-0.25, -0.2) is 0 Å². The predicted molar refractivity (Wildman–Crippen MR) is 103 cm³/mol. The van der Waals surface area contributed by atoms with Gasteiger partial charge in [0.25, 0.3) is 0 Å². The number of hydrogen-bond acceptors (Lipinski definition) is 3. The first-order valence-corrected chi connectivity index (χ1v) is 8.67. The normalized spacial score (nSPS) is 12.8. The summed E-state index contributed by atoms with van der Waals surface area (Å²) in [6, 6.07) is 14.3. The molecule has 2 aromatic rings. The molecule has 1 heterocycles. The van der Waals surface area contributed by atoms with Crippen molar-refractivity contribution in [3.05, 3.63) is 59.9 Å². The molecule has 0 amide bonds. The van der Waals surface area contributed by atoms with E-state index in [-0.39, 0.29) is 0 Å². The monoisotopic (exact) mass is 340 g/mol. The third-order valence-corrected chi connectivity index (χ3v) is 4.08. The number of rotatable bonds is 7. The molecule has 0 aliphatic heterocycles. The molecule has 0 radical (unpaired) electrons. The highest BCUT2D eigenvalue weighted by Gasteiger charge is 2.08. The van der Waals surface area contributed by atoms with Crippen LogP contribution in [0.1, 0.15) is 32.0 Å². The van der Waals surface area contributed by atoms with Crippen molar-refractivity contribution in [2.24, 2.45) is 10.9 Å². The summed E-state index contributed by atoms with van der Waals surface area (Å²) in [6.45, 7) is 7.72. The molecule has 1 aromatic carbocycles. The molecular weight excluding hydrogens is 312 g/mol. The van der Waals surface area contributed by atoms with E-state index in [0.717, 1.165) is 17.4 Å². The van der Waals surface area contributed by atoms with E-state index >= 15 is 0 Å². The maximum atomic E-state index is 5.75. The fourth-order valence-electron chi connectivity index (χ4n) is 2.11. The summed E-state index contributed by atoms with van der Waals surface area (Å²) in [5.74, 6) is 2.20. The van der Waals surface area contributed by atoms with E-state index in [0.29, 0.717) is 25.1 Å². The molecular formula is C20H28N4O. The highest BCUT2D eigenvalue weighted by Crippen LogP contribution is 2.13. The summed E-state index contributed by atoms with van der Waals surface area (Å²) in [6.07, 6.45) is 1.77. The van der Waals surface area contributed by atoms with Crippen molar-refractivity contribution in [3.63, 3.8) is 0 Å². The quantitative estimate of drug-likeness (QED) is 0.599. The van der Waals surface area contributed by atoms with Gasteiger partial charge in [0.2, 0.25) is 0 Å². The second kappa shape index (κ2) is 9.67. The highest BCUT2D eigenvalue weighted by atomic mass is 16.5. The van der Waals surface area contributed by atoms with Gasteiger partial charge >= 0.3 is 0 Å². The van der Waals surface area contributed by atoms with Crippen molar-refractivity contribution in [1.82, 2.24) is 15.6 Å². The van der Waals surface area contributed by atoms with Crippen molar-refractivity contribution in [2.75, 3.05) is 7.05 Å². The van der Waals surface area contributed by atoms with Crippen molar-refractivity contribution in [3.8, 4) is 5.75 Å². The van der Waals surface area contributed by atoms with Gasteiger partial charge < -0.3 is 15.4 Å². The molecule has 1 aromatic heterocycles. The zero-order valence-corrected chi connectivity index (χ0v) is 15.5. The molecule has 5 nitrogen and oxygen atoms in total. The molecule has 0 spiro atoms. The van der Waals surface area contributed by atoms with Gasteiger partial charge in [0, 0.05) is 25.8 Å². The predicted octanol–water partition coefficient (Wildman–Crippen LogP) is 3.37. The van der Waals surface area contributed by atoms with E-state index in [1.165, 1.54) is 5.56 Å². The Hall–Kier alpha value is -2.56. The van der Waals surface area contributed by atoms with Crippen LogP contribution in [-0.2, 0) is 13.2 Å². The average molecular weight is 340 g/mol. The van der Waals surface area contributed by atoms with Crippen LogP contribution in [0.15, 0.2) is 53.7 Å². The topological polar surface area (TPSA) is 58.5 Å². The zero-order valence-electron chi connectivity index (χ0n) is 15.5. The Morgan fingerprint density at radius 3 is 2.48 bits per heavy atom. The maximum absolute atomic E-state index is 5.75. The van der Waals surface area contributed by atoms with E-state index in [1.807, 2.05) is 30.3 Å². The smallest absolute Gasteiger partial charge is 0.191 e. The van der Waals surface area contributed by atoms with E-state index in [4.69, 9.17) is 4.74 Å². The van der Waals surface area contributed by atoms with Crippen molar-refractivity contribution in [1.29, 1.82) is 0 Å². The molecule has 0 saturated heterocycles. The van der Waals surface area contributed by atoms with Crippen molar-refractivity contribution < 1.29 is 4.74 Å². The largest absolute Gasteiger partial charge is 0.487 e. The van der Waals surface area contributed by atoms with Gasteiger partial charge in [0.1, 0.15) is 12.4 Å². The lowest BCUT2D eigenvalue weighted by atomic mass is 10.1. The Balaban J connectivity index is 1.81. The van der Waals surface area contributed by atoms with E-state index in [9.17, 15) is 0 Å². The second-order valence-electron chi connectivity index (χ2n) is 6.36. The van der Waals surface area contributed by atoms with Crippen LogP contribution in [0, 0.1) is 5.92 Å². The molecule has 0 fully saturated rings. The number of guanidine groups is 1. The number of nitrogens with one attached hydrogen (secondary N) is 2. The lowest BCUT2D eigenvalue weighted by Crippen LogP contribution is -2.43. The van der Waals surface area contributed by atoms with Crippen LogP contribution in [-0.4, -0.2) is 24.0 Å². The number of benzene rings is 1. The van der Waals surface area contributed by atoms with Gasteiger partial charge in [-0.1, -0.05) is 32.0 Å². The summed E-state index contributed by atoms with van der Waals surface area (Å²) in [7, 11) is 1.79. The number of ether oxygens (including phenoxy) is 1. The average Bonchev–Trinajstić information content (AvgIpc) is 2.64. The summed E-state index contributed by atoms with van der Waals surface area (Å²) in [4.78, 5) is 8.52. The third-order valence-electron chi connectivity index (χ3n) is 4.08. The molecule has 25 heavy (non-hydrogen) atoms. The van der Waals surface area contributed by atoms with Crippen LogP contribution in [0.3, 0.4) is 0 Å². The molecule has 1 atom stereocenters. The van der Waals surface area contributed by atoms with Crippen molar-refractivity contribution >= 4 is 5.96 Å². The Kier molecular flexibility index (Phi) is 7.26. The zero-order chi connectivity index (χ0) is 18.1. The summed E-state index contributed by atoms with van der Waals surface area (Å²) in [5, 5.41) is 6.73. The first-order chi connectivity index (χ1) is 12.1. The van der Waals surface area contributed by atoms with Crippen LogP contribution >= 0.6 is 0 Å². The van der Waals surface area contributed by atoms with Crippen LogP contribution in [0.2, 0.25) is 0 Å². The van der Waals surface area contributed by atoms with E-state index < -0.39 is 0 Å². The second-order valence-corrected chi connectivity index (χ2v) is 6.36. The number of pyridine rings is 1. The SMILES string of the molecule is CN=C(NCc1ccc(OCc2ccccn2)cc1)NC(C)C(C)C. The number of aromatic nitrogens is 1. The summed E-state index contributed by atoms with van der Waals surface area (Å²) >= 11 is 0. The molecule has 2 N–H and O–H groups in total. The third kappa shape index (κ3) is 6.45. The number of nitrogens with zero attached hydrogens (tertiary/aromatic N) is 2. The number of hydrogen-bond donors (Lipinski definition) is 2. The van der Waals surface area contributed by atoms with Crippen LogP contribution in [0.5, 0.6) is 5.75 Å². The van der Waals surface area contributed by atoms with E-state index in [1.54, 1.807) is 13.2 Å². The standard InChI is InChI=1S/C20H28N4O/c1-15(2)16(3)24-20(21-4)23-13-17-8-10-19(11-9-17)25-14-18-7-5-6-12-22-18/h5-12,15-16H,13-14H2,1-4H3,(H2,21,23,24). The van der Waals surface area contributed by atoms with Gasteiger partial charge in [-0.05, 0) is 42.7 Å². The minimum atomic E-state index is 0.369. The Morgan fingerprint density at radius 2 is 1.88 bits per heavy atom. The first kappa shape index (κ1) is 18.8.